The minimum Gasteiger partial charge on any atom is -0.324 e. The summed E-state index contributed by atoms with van der Waals surface area (Å²) in [4.78, 5) is 27.2. The van der Waals surface area contributed by atoms with Gasteiger partial charge in [-0.05, 0) is 24.3 Å². The zero-order valence-electron chi connectivity index (χ0n) is 11.8. The zero-order chi connectivity index (χ0) is 17.5. The van der Waals surface area contributed by atoms with E-state index in [9.17, 15) is 22.8 Å². The highest BCUT2D eigenvalue weighted by molar-refractivity contribution is 6.30. The summed E-state index contributed by atoms with van der Waals surface area (Å²) >= 11 is 5.73. The van der Waals surface area contributed by atoms with Crippen LogP contribution in [0.5, 0.6) is 0 Å². The van der Waals surface area contributed by atoms with E-state index < -0.39 is 35.8 Å². The molecule has 0 saturated carbocycles. The average molecular weight is 360 g/mol. The van der Waals surface area contributed by atoms with Gasteiger partial charge in [-0.2, -0.15) is 18.2 Å². The van der Waals surface area contributed by atoms with Crippen LogP contribution in [-0.2, 0) is 15.8 Å². The highest BCUT2D eigenvalue weighted by atomic mass is 35.5. The number of alkyl halides is 3. The summed E-state index contributed by atoms with van der Waals surface area (Å²) in [5, 5.41) is 8.42. The lowest BCUT2D eigenvalue weighted by atomic mass is 10.1. The first-order valence-corrected chi connectivity index (χ1v) is 7.02. The van der Waals surface area contributed by atoms with Gasteiger partial charge < -0.3 is 5.32 Å². The van der Waals surface area contributed by atoms with E-state index >= 15 is 0 Å². The number of aromatic nitrogens is 3. The first kappa shape index (κ1) is 16.2. The minimum absolute atomic E-state index is 0.354. The van der Waals surface area contributed by atoms with E-state index in [2.05, 4.69) is 20.7 Å². The SMILES string of the molecule is O=C1C[C@H](C(=O)Nc2ccc(Cl)cc2)n2nc(C(F)(F)F)nc2N1. The van der Waals surface area contributed by atoms with Crippen molar-refractivity contribution in [3.05, 3.63) is 35.1 Å². The summed E-state index contributed by atoms with van der Waals surface area (Å²) in [6.07, 6.45) is -5.14. The average Bonchev–Trinajstić information content (AvgIpc) is 2.92. The van der Waals surface area contributed by atoms with Crippen molar-refractivity contribution in [1.82, 2.24) is 14.8 Å². The summed E-state index contributed by atoms with van der Waals surface area (Å²) in [6.45, 7) is 0. The van der Waals surface area contributed by atoms with Gasteiger partial charge in [0.25, 0.3) is 5.82 Å². The lowest BCUT2D eigenvalue weighted by Gasteiger charge is -2.22. The van der Waals surface area contributed by atoms with Gasteiger partial charge in [-0.1, -0.05) is 11.6 Å². The van der Waals surface area contributed by atoms with E-state index in [-0.39, 0.29) is 6.42 Å². The van der Waals surface area contributed by atoms with Crippen LogP contribution in [0.25, 0.3) is 0 Å². The largest absolute Gasteiger partial charge is 0.453 e. The van der Waals surface area contributed by atoms with E-state index in [0.29, 0.717) is 10.7 Å². The molecule has 2 heterocycles. The van der Waals surface area contributed by atoms with Crippen LogP contribution in [0.4, 0.5) is 24.8 Å². The highest BCUT2D eigenvalue weighted by Gasteiger charge is 2.41. The van der Waals surface area contributed by atoms with Gasteiger partial charge >= 0.3 is 6.18 Å². The van der Waals surface area contributed by atoms with Gasteiger partial charge in [-0.15, -0.1) is 5.10 Å². The molecule has 1 aromatic heterocycles. The van der Waals surface area contributed by atoms with Crippen LogP contribution in [0.1, 0.15) is 18.3 Å². The summed E-state index contributed by atoms with van der Waals surface area (Å²) < 4.78 is 38.9. The Morgan fingerprint density at radius 2 is 2.00 bits per heavy atom. The summed E-state index contributed by atoms with van der Waals surface area (Å²) in [5.74, 6) is -3.16. The van der Waals surface area contributed by atoms with Gasteiger partial charge in [-0.3, -0.25) is 14.9 Å². The van der Waals surface area contributed by atoms with Crippen LogP contribution in [-0.4, -0.2) is 26.6 Å². The standard InChI is InChI=1S/C13H9ClF3N5O2/c14-6-1-3-7(4-2-6)18-10(24)8-5-9(23)19-12-20-11(13(15,16)17)21-22(8)12/h1-4,8H,5H2,(H,18,24)(H,19,20,21,23)/t8-/m1/s1. The van der Waals surface area contributed by atoms with Gasteiger partial charge in [0.05, 0.1) is 6.42 Å². The molecule has 1 atom stereocenters. The number of benzene rings is 1. The third-order valence-corrected chi connectivity index (χ3v) is 3.48. The Kier molecular flexibility index (Phi) is 3.91. The molecule has 0 radical (unpaired) electrons. The Balaban J connectivity index is 1.88. The molecule has 24 heavy (non-hydrogen) atoms. The number of hydrogen-bond acceptors (Lipinski definition) is 4. The summed E-state index contributed by atoms with van der Waals surface area (Å²) in [5.41, 5.74) is 0.382. The van der Waals surface area contributed by atoms with Crippen LogP contribution < -0.4 is 10.6 Å². The van der Waals surface area contributed by atoms with E-state index in [1.165, 1.54) is 24.3 Å². The molecular weight excluding hydrogens is 351 g/mol. The Bertz CT molecular complexity index is 803. The quantitative estimate of drug-likeness (QED) is 0.862. The van der Waals surface area contributed by atoms with Crippen molar-refractivity contribution < 1.29 is 22.8 Å². The molecule has 7 nitrogen and oxygen atoms in total. The van der Waals surface area contributed by atoms with Crippen LogP contribution in [0, 0.1) is 0 Å². The molecular formula is C13H9ClF3N5O2. The van der Waals surface area contributed by atoms with E-state index in [4.69, 9.17) is 11.6 Å². The second-order valence-corrected chi connectivity index (χ2v) is 5.40. The maximum absolute atomic E-state index is 12.7. The summed E-state index contributed by atoms with van der Waals surface area (Å²) in [6, 6.07) is 4.87. The number of rotatable bonds is 2. The van der Waals surface area contributed by atoms with Gasteiger partial charge in [0.15, 0.2) is 0 Å². The molecule has 0 spiro atoms. The number of nitrogens with zero attached hydrogens (tertiary/aromatic N) is 3. The molecule has 0 bridgehead atoms. The molecule has 2 N–H and O–H groups in total. The molecule has 0 aliphatic carbocycles. The van der Waals surface area contributed by atoms with E-state index in [1.54, 1.807) is 0 Å². The molecule has 3 rings (SSSR count). The van der Waals surface area contributed by atoms with Gasteiger partial charge in [0.2, 0.25) is 17.8 Å². The number of nitrogens with one attached hydrogen (secondary N) is 2. The number of halogens is 4. The predicted molar refractivity (Wildman–Crippen MR) is 77.4 cm³/mol. The van der Waals surface area contributed by atoms with Crippen LogP contribution in [0.3, 0.4) is 0 Å². The molecule has 1 aliphatic heterocycles. The Labute approximate surface area is 137 Å². The van der Waals surface area contributed by atoms with Gasteiger partial charge in [-0.25, -0.2) is 4.68 Å². The maximum atomic E-state index is 12.7. The molecule has 1 aliphatic rings. The monoisotopic (exact) mass is 359 g/mol. The first-order chi connectivity index (χ1) is 11.2. The van der Waals surface area contributed by atoms with Crippen molar-refractivity contribution >= 4 is 35.1 Å². The Morgan fingerprint density at radius 1 is 1.33 bits per heavy atom. The van der Waals surface area contributed by atoms with Crippen LogP contribution in [0.15, 0.2) is 24.3 Å². The van der Waals surface area contributed by atoms with Crippen LogP contribution in [0.2, 0.25) is 5.02 Å². The van der Waals surface area contributed by atoms with Crippen LogP contribution >= 0.6 is 11.6 Å². The second kappa shape index (κ2) is 5.78. The fraction of sp³-hybridized carbons (Fsp3) is 0.231. The van der Waals surface area contributed by atoms with Crippen molar-refractivity contribution in [1.29, 1.82) is 0 Å². The number of carbonyl (C=O) groups is 2. The smallest absolute Gasteiger partial charge is 0.324 e. The third kappa shape index (κ3) is 3.18. The fourth-order valence-electron chi connectivity index (χ4n) is 2.15. The first-order valence-electron chi connectivity index (χ1n) is 6.64. The molecule has 0 fully saturated rings. The van der Waals surface area contributed by atoms with Crippen molar-refractivity contribution in [2.24, 2.45) is 0 Å². The van der Waals surface area contributed by atoms with E-state index in [0.717, 1.165) is 4.68 Å². The number of anilines is 2. The molecule has 2 amide bonds. The Hall–Kier alpha value is -2.62. The molecule has 11 heteroatoms. The molecule has 1 aromatic carbocycles. The topological polar surface area (TPSA) is 88.9 Å². The maximum Gasteiger partial charge on any atom is 0.453 e. The van der Waals surface area contributed by atoms with Crippen molar-refractivity contribution in [2.45, 2.75) is 18.6 Å². The fourth-order valence-corrected chi connectivity index (χ4v) is 2.27. The van der Waals surface area contributed by atoms with Crippen molar-refractivity contribution in [3.63, 3.8) is 0 Å². The number of fused-ring (bicyclic) bond motifs is 1. The van der Waals surface area contributed by atoms with Gasteiger partial charge in [0, 0.05) is 10.7 Å². The number of amides is 2. The Morgan fingerprint density at radius 3 is 2.62 bits per heavy atom. The molecule has 0 unspecified atom stereocenters. The second-order valence-electron chi connectivity index (χ2n) is 4.97. The highest BCUT2D eigenvalue weighted by Crippen LogP contribution is 2.31. The van der Waals surface area contributed by atoms with Crippen molar-refractivity contribution in [2.75, 3.05) is 10.6 Å². The minimum atomic E-state index is -4.79. The lowest BCUT2D eigenvalue weighted by Crippen LogP contribution is -2.36. The molecule has 2 aromatic rings. The summed E-state index contributed by atoms with van der Waals surface area (Å²) in [7, 11) is 0. The lowest BCUT2D eigenvalue weighted by molar-refractivity contribution is -0.145. The third-order valence-electron chi connectivity index (χ3n) is 3.22. The van der Waals surface area contributed by atoms with E-state index in [1.807, 2.05) is 0 Å². The molecule has 126 valence electrons. The number of hydrogen-bond donors (Lipinski definition) is 2. The normalized spacial score (nSPS) is 17.2. The zero-order valence-corrected chi connectivity index (χ0v) is 12.5. The van der Waals surface area contributed by atoms with Gasteiger partial charge in [0.1, 0.15) is 6.04 Å². The predicted octanol–water partition coefficient (Wildman–Crippen LogP) is 2.47. The van der Waals surface area contributed by atoms with Crippen molar-refractivity contribution in [3.8, 4) is 0 Å². The molecule has 0 saturated heterocycles. The number of carbonyl (C=O) groups excluding carboxylic acids is 2.